The number of aliphatic carboxylic acids is 1. The van der Waals surface area contributed by atoms with Crippen LogP contribution in [0.15, 0.2) is 85.2 Å². The lowest BCUT2D eigenvalue weighted by molar-refractivity contribution is -0.144. The molecule has 0 spiro atoms. The number of piperidine rings is 1. The summed E-state index contributed by atoms with van der Waals surface area (Å²) >= 11 is 6.83. The number of aromatic nitrogens is 1. The van der Waals surface area contributed by atoms with Gasteiger partial charge in [0, 0.05) is 55.8 Å². The lowest BCUT2D eigenvalue weighted by Gasteiger charge is -2.33. The number of aliphatic hydroxyl groups excluding tert-OH is 1. The average molecular weight is 737 g/mol. The van der Waals surface area contributed by atoms with Crippen LogP contribution in [0.3, 0.4) is 0 Å². The first-order chi connectivity index (χ1) is 25.8. The highest BCUT2D eigenvalue weighted by atomic mass is 35.5. The lowest BCUT2D eigenvalue weighted by Crippen LogP contribution is -2.44. The standard InChI is InChI=1S/C42H45ClN4O6/c1-29-33(9-7-11-37(29)32-8-6-10-36(19-32)51-17-5-4-14-46-16-13-35(48)26-46)28-53-41-21-40(52-27-31-18-30(22-44)23-45-24-31)34(20-38(41)43)25-47-15-3-2-12-39(47)42(49)50/h4-11,18-21,23-24,35,39,48H,2-3,12-17,25-28H2,1H3,(H,49,50)/t35-,39+/m1/s1. The third-order valence-electron chi connectivity index (χ3n) is 9.80. The number of benzene rings is 3. The third-order valence-corrected chi connectivity index (χ3v) is 10.1. The van der Waals surface area contributed by atoms with Gasteiger partial charge < -0.3 is 24.4 Å². The van der Waals surface area contributed by atoms with Crippen LogP contribution in [0.1, 0.15) is 53.5 Å². The SMILES string of the molecule is Cc1c(COc2cc(OCc3cncc(C#N)c3)c(CN3CCCC[C@H]3C(=O)O)cc2Cl)cccc1-c1cccc(OCC=CCN2CC[C@@H](O)C2)c1. The smallest absolute Gasteiger partial charge is 0.320 e. The maximum absolute atomic E-state index is 12.1. The van der Waals surface area contributed by atoms with Gasteiger partial charge in [0.05, 0.1) is 16.7 Å². The Labute approximate surface area is 315 Å². The monoisotopic (exact) mass is 736 g/mol. The number of nitrogens with zero attached hydrogens (tertiary/aromatic N) is 4. The van der Waals surface area contributed by atoms with E-state index >= 15 is 0 Å². The largest absolute Gasteiger partial charge is 0.490 e. The third kappa shape index (κ3) is 10.2. The van der Waals surface area contributed by atoms with E-state index < -0.39 is 12.0 Å². The molecule has 0 radical (unpaired) electrons. The molecule has 0 unspecified atom stereocenters. The van der Waals surface area contributed by atoms with Crippen molar-refractivity contribution in [3.63, 3.8) is 0 Å². The molecule has 0 aliphatic carbocycles. The number of pyridine rings is 1. The van der Waals surface area contributed by atoms with E-state index in [1.165, 1.54) is 6.20 Å². The summed E-state index contributed by atoms with van der Waals surface area (Å²) in [5.74, 6) is 0.904. The Kier molecular flexibility index (Phi) is 13.0. The van der Waals surface area contributed by atoms with E-state index in [1.807, 2.05) is 41.3 Å². The Balaban J connectivity index is 1.16. The number of hydrogen-bond acceptors (Lipinski definition) is 9. The first kappa shape index (κ1) is 37.8. The molecular weight excluding hydrogens is 692 g/mol. The Hall–Kier alpha value is -4.92. The van der Waals surface area contributed by atoms with Gasteiger partial charge in [-0.3, -0.25) is 19.6 Å². The molecular formula is C42H45ClN4O6. The highest BCUT2D eigenvalue weighted by Crippen LogP contribution is 2.36. The second kappa shape index (κ2) is 18.2. The number of aliphatic hydroxyl groups is 1. The molecule has 2 atom stereocenters. The van der Waals surface area contributed by atoms with Crippen molar-refractivity contribution < 1.29 is 29.2 Å². The van der Waals surface area contributed by atoms with Crippen molar-refractivity contribution >= 4 is 17.6 Å². The van der Waals surface area contributed by atoms with Crippen LogP contribution in [0.25, 0.3) is 11.1 Å². The number of β-amino-alcohol motifs (C(OH)–C–C–N with tert-alkyl or cyclic N) is 1. The fourth-order valence-corrected chi connectivity index (χ4v) is 7.13. The van der Waals surface area contributed by atoms with Gasteiger partial charge in [-0.15, -0.1) is 0 Å². The Morgan fingerprint density at radius 3 is 2.64 bits per heavy atom. The van der Waals surface area contributed by atoms with Crippen LogP contribution in [-0.4, -0.2) is 75.9 Å². The first-order valence-electron chi connectivity index (χ1n) is 18.0. The number of carbonyl (C=O) groups is 1. The van der Waals surface area contributed by atoms with Crippen LogP contribution in [-0.2, 0) is 24.6 Å². The first-order valence-corrected chi connectivity index (χ1v) is 18.4. The van der Waals surface area contributed by atoms with Gasteiger partial charge in [0.2, 0.25) is 0 Å². The van der Waals surface area contributed by atoms with E-state index in [0.29, 0.717) is 48.2 Å². The zero-order valence-corrected chi connectivity index (χ0v) is 30.7. The summed E-state index contributed by atoms with van der Waals surface area (Å²) in [7, 11) is 0. The number of likely N-dealkylation sites (tertiary alicyclic amines) is 2. The second-order valence-corrected chi connectivity index (χ2v) is 14.0. The number of ether oxygens (including phenoxy) is 3. The van der Waals surface area contributed by atoms with Gasteiger partial charge in [-0.2, -0.15) is 5.26 Å². The minimum Gasteiger partial charge on any atom is -0.490 e. The van der Waals surface area contributed by atoms with Gasteiger partial charge in [-0.1, -0.05) is 60.5 Å². The molecule has 276 valence electrons. The molecule has 2 aliphatic heterocycles. The van der Waals surface area contributed by atoms with E-state index in [-0.39, 0.29) is 19.3 Å². The van der Waals surface area contributed by atoms with Crippen LogP contribution in [0, 0.1) is 18.3 Å². The number of hydrogen-bond donors (Lipinski definition) is 2. The average Bonchev–Trinajstić information content (AvgIpc) is 3.59. The number of rotatable bonds is 15. The van der Waals surface area contributed by atoms with E-state index in [4.69, 9.17) is 25.8 Å². The molecule has 11 heteroatoms. The second-order valence-electron chi connectivity index (χ2n) is 13.6. The summed E-state index contributed by atoms with van der Waals surface area (Å²) in [6, 6.07) is 21.0. The summed E-state index contributed by atoms with van der Waals surface area (Å²) in [4.78, 5) is 20.4. The molecule has 0 saturated carbocycles. The zero-order chi connectivity index (χ0) is 37.2. The number of carboxylic acid groups (broad SMARTS) is 1. The van der Waals surface area contributed by atoms with Crippen molar-refractivity contribution in [2.45, 2.75) is 64.5 Å². The molecule has 2 saturated heterocycles. The molecule has 2 aliphatic rings. The van der Waals surface area contributed by atoms with Gasteiger partial charge in [0.15, 0.2) is 0 Å². The maximum Gasteiger partial charge on any atom is 0.320 e. The van der Waals surface area contributed by atoms with Gasteiger partial charge in [-0.25, -0.2) is 0 Å². The van der Waals surface area contributed by atoms with E-state index in [0.717, 1.165) is 78.0 Å². The molecule has 2 fully saturated rings. The normalized spacial score (nSPS) is 17.8. The Morgan fingerprint density at radius 1 is 0.981 bits per heavy atom. The number of carboxylic acids is 1. The van der Waals surface area contributed by atoms with Crippen molar-refractivity contribution in [2.75, 3.05) is 32.8 Å². The van der Waals surface area contributed by atoms with Crippen LogP contribution < -0.4 is 14.2 Å². The molecule has 53 heavy (non-hydrogen) atoms. The van der Waals surface area contributed by atoms with Crippen LogP contribution >= 0.6 is 11.6 Å². The molecule has 0 amide bonds. The predicted molar refractivity (Wildman–Crippen MR) is 203 cm³/mol. The fourth-order valence-electron chi connectivity index (χ4n) is 6.89. The van der Waals surface area contributed by atoms with Crippen molar-refractivity contribution in [3.8, 4) is 34.4 Å². The number of halogens is 1. The Bertz CT molecular complexity index is 1960. The summed E-state index contributed by atoms with van der Waals surface area (Å²) in [5.41, 5.74) is 6.06. The highest BCUT2D eigenvalue weighted by molar-refractivity contribution is 6.32. The lowest BCUT2D eigenvalue weighted by atomic mass is 9.96. The molecule has 4 aromatic rings. The van der Waals surface area contributed by atoms with E-state index in [1.54, 1.807) is 24.4 Å². The fraction of sp³-hybridized carbons (Fsp3) is 0.357. The topological polar surface area (TPSA) is 128 Å². The van der Waals surface area contributed by atoms with Crippen LogP contribution in [0.2, 0.25) is 5.02 Å². The number of nitriles is 1. The van der Waals surface area contributed by atoms with E-state index in [9.17, 15) is 20.3 Å². The molecule has 3 aromatic carbocycles. The molecule has 2 N–H and O–H groups in total. The van der Waals surface area contributed by atoms with Crippen molar-refractivity contribution in [1.82, 2.24) is 14.8 Å². The maximum atomic E-state index is 12.1. The van der Waals surface area contributed by atoms with Gasteiger partial charge >= 0.3 is 5.97 Å². The van der Waals surface area contributed by atoms with Gasteiger partial charge in [-0.05, 0) is 79.3 Å². The van der Waals surface area contributed by atoms with Crippen molar-refractivity contribution in [2.24, 2.45) is 0 Å². The summed E-state index contributed by atoms with van der Waals surface area (Å²) in [6.07, 6.45) is 10.2. The van der Waals surface area contributed by atoms with Gasteiger partial charge in [0.25, 0.3) is 0 Å². The summed E-state index contributed by atoms with van der Waals surface area (Å²) in [6.45, 7) is 6.40. The molecule has 10 nitrogen and oxygen atoms in total. The predicted octanol–water partition coefficient (Wildman–Crippen LogP) is 7.18. The van der Waals surface area contributed by atoms with Crippen LogP contribution in [0.5, 0.6) is 17.2 Å². The van der Waals surface area contributed by atoms with Crippen molar-refractivity contribution in [1.29, 1.82) is 5.26 Å². The van der Waals surface area contributed by atoms with Crippen molar-refractivity contribution in [3.05, 3.63) is 118 Å². The summed E-state index contributed by atoms with van der Waals surface area (Å²) in [5, 5.41) is 29.3. The summed E-state index contributed by atoms with van der Waals surface area (Å²) < 4.78 is 18.7. The highest BCUT2D eigenvalue weighted by Gasteiger charge is 2.29. The zero-order valence-electron chi connectivity index (χ0n) is 29.9. The minimum absolute atomic E-state index is 0.156. The van der Waals surface area contributed by atoms with E-state index in [2.05, 4.69) is 41.1 Å². The molecule has 3 heterocycles. The quantitative estimate of drug-likeness (QED) is 0.121. The Morgan fingerprint density at radius 2 is 1.83 bits per heavy atom. The molecule has 0 bridgehead atoms. The minimum atomic E-state index is -0.835. The molecule has 6 rings (SSSR count). The van der Waals surface area contributed by atoms with Crippen LogP contribution in [0.4, 0.5) is 0 Å². The molecule has 1 aromatic heterocycles. The van der Waals surface area contributed by atoms with Gasteiger partial charge in [0.1, 0.15) is 49.2 Å².